The monoisotopic (exact) mass is 923 g/mol. The lowest BCUT2D eigenvalue weighted by Gasteiger charge is -2.47. The molecule has 0 aromatic heterocycles. The van der Waals surface area contributed by atoms with E-state index in [0.29, 0.717) is 19.4 Å². The Morgan fingerprint density at radius 2 is 1.11 bits per heavy atom. The van der Waals surface area contributed by atoms with E-state index in [4.69, 9.17) is 9.47 Å². The van der Waals surface area contributed by atoms with Crippen LogP contribution in [0.2, 0.25) is 0 Å². The van der Waals surface area contributed by atoms with Crippen molar-refractivity contribution in [1.82, 2.24) is 20.9 Å². The summed E-state index contributed by atoms with van der Waals surface area (Å²) in [7, 11) is 0. The summed E-state index contributed by atoms with van der Waals surface area (Å²) >= 11 is 0. The Kier molecular flexibility index (Phi) is 35.5. The number of allylic oxidation sites excluding steroid dienone is 2. The van der Waals surface area contributed by atoms with Gasteiger partial charge < -0.3 is 45.6 Å². The fourth-order valence-electron chi connectivity index (χ4n) is 8.34. The van der Waals surface area contributed by atoms with Gasteiger partial charge in [-0.05, 0) is 66.2 Å². The molecule has 65 heavy (non-hydrogen) atoms. The van der Waals surface area contributed by atoms with E-state index in [-0.39, 0.29) is 12.3 Å². The number of alkyl carbamates (subject to hydrolysis) is 1. The van der Waals surface area contributed by atoms with Crippen LogP contribution in [-0.4, -0.2) is 106 Å². The Bertz CT molecular complexity index is 1260. The number of ether oxygens (including phenoxy) is 2. The lowest BCUT2D eigenvalue weighted by atomic mass is 9.94. The Morgan fingerprint density at radius 3 is 1.57 bits per heavy atom. The van der Waals surface area contributed by atoms with Crippen LogP contribution in [0.4, 0.5) is 4.79 Å². The lowest BCUT2D eigenvalue weighted by molar-refractivity contribution is -0.231. The van der Waals surface area contributed by atoms with Crippen molar-refractivity contribution in [1.29, 1.82) is 0 Å². The number of amides is 4. The summed E-state index contributed by atoms with van der Waals surface area (Å²) in [6, 6.07) is -2.25. The van der Waals surface area contributed by atoms with E-state index in [1.165, 1.54) is 122 Å². The molecule has 0 radical (unpaired) electrons. The van der Waals surface area contributed by atoms with E-state index >= 15 is 0 Å². The summed E-state index contributed by atoms with van der Waals surface area (Å²) in [5, 5.41) is 39.9. The average molecular weight is 923 g/mol. The molecular weight excluding hydrogens is 825 g/mol. The molecule has 0 saturated carbocycles. The maximum absolute atomic E-state index is 14.1. The van der Waals surface area contributed by atoms with Crippen LogP contribution in [0.5, 0.6) is 0 Å². The van der Waals surface area contributed by atoms with Crippen molar-refractivity contribution < 1.29 is 44.0 Å². The molecule has 380 valence electrons. The highest BCUT2D eigenvalue weighted by atomic mass is 16.6. The summed E-state index contributed by atoms with van der Waals surface area (Å²) in [4.78, 5) is 53.8. The molecule has 0 aliphatic carbocycles. The van der Waals surface area contributed by atoms with Crippen molar-refractivity contribution in [2.75, 3.05) is 19.7 Å². The third-order valence-electron chi connectivity index (χ3n) is 12.3. The number of aliphatic hydroxyl groups excluding tert-OH is 3. The average Bonchev–Trinajstić information content (AvgIpc) is 3.26. The van der Waals surface area contributed by atoms with E-state index in [9.17, 15) is 34.5 Å². The number of nitrogens with one attached hydrogen (secondary N) is 3. The predicted molar refractivity (Wildman–Crippen MR) is 262 cm³/mol. The third kappa shape index (κ3) is 30.3. The van der Waals surface area contributed by atoms with Crippen LogP contribution < -0.4 is 16.0 Å². The Hall–Kier alpha value is -2.74. The first kappa shape index (κ1) is 60.3. The fourth-order valence-corrected chi connectivity index (χ4v) is 8.34. The lowest BCUT2D eigenvalue weighted by Crippen LogP contribution is -2.69. The molecular formula is C52H98N4O9. The number of hydrogen-bond acceptors (Lipinski definition) is 9. The van der Waals surface area contributed by atoms with Crippen LogP contribution in [-0.2, 0) is 23.9 Å². The van der Waals surface area contributed by atoms with Crippen LogP contribution in [0.1, 0.15) is 234 Å². The van der Waals surface area contributed by atoms with Crippen molar-refractivity contribution in [2.24, 2.45) is 0 Å². The molecule has 0 spiro atoms. The van der Waals surface area contributed by atoms with Gasteiger partial charge in [0.15, 0.2) is 6.23 Å². The minimum Gasteiger partial charge on any atom is -0.444 e. The second kappa shape index (κ2) is 38.3. The summed E-state index contributed by atoms with van der Waals surface area (Å²) in [5.74, 6) is -1.51. The van der Waals surface area contributed by atoms with Gasteiger partial charge in [0.2, 0.25) is 17.7 Å². The number of rotatable bonds is 39. The van der Waals surface area contributed by atoms with Gasteiger partial charge in [0, 0.05) is 13.0 Å². The first-order chi connectivity index (χ1) is 31.2. The van der Waals surface area contributed by atoms with Gasteiger partial charge in [-0.3, -0.25) is 14.4 Å². The maximum Gasteiger partial charge on any atom is 0.408 e. The molecule has 6 N–H and O–H groups in total. The van der Waals surface area contributed by atoms with Gasteiger partial charge in [-0.1, -0.05) is 174 Å². The Morgan fingerprint density at radius 1 is 0.662 bits per heavy atom. The quantitative estimate of drug-likeness (QED) is 0.0258. The standard InChI is InChI=1S/C52H98N4O9/c1-7-9-11-13-15-17-19-21-23-25-27-29-31-33-35-37-39-56(45(59)38-36-34-32-30-28-26-24-22-20-18-16-14-12-10-8-2)50-46(48(61)47(60)43(41-57)64-50)55-44(58)40-53-49(62)42(3)54-51(63)65-52(4,5)6/h22,24,42-43,46-48,50,57,60-61H,7-21,23,25-41H2,1-6H3,(H,53,62)(H,54,63)(H,55,58)/b24-22-/t42-,43+,46+,47+,48+,50+/m0/s1. The number of carbonyl (C=O) groups excluding carboxylic acids is 4. The number of unbranched alkanes of at least 4 members (excludes halogenated alkanes) is 26. The largest absolute Gasteiger partial charge is 0.444 e. The highest BCUT2D eigenvalue weighted by Gasteiger charge is 2.48. The molecule has 13 nitrogen and oxygen atoms in total. The molecule has 1 aliphatic rings. The van der Waals surface area contributed by atoms with Gasteiger partial charge in [-0.15, -0.1) is 0 Å². The molecule has 13 heteroatoms. The highest BCUT2D eigenvalue weighted by Crippen LogP contribution is 2.26. The number of hydrogen-bond donors (Lipinski definition) is 6. The smallest absolute Gasteiger partial charge is 0.408 e. The molecule has 0 aromatic carbocycles. The van der Waals surface area contributed by atoms with Crippen LogP contribution in [0, 0.1) is 0 Å². The first-order valence-electron chi connectivity index (χ1n) is 26.4. The minimum atomic E-state index is -1.57. The number of carbonyl (C=O) groups is 4. The summed E-state index contributed by atoms with van der Waals surface area (Å²) in [6.45, 7) is 10.3. The van der Waals surface area contributed by atoms with Crippen molar-refractivity contribution in [2.45, 2.75) is 276 Å². The van der Waals surface area contributed by atoms with Gasteiger partial charge in [0.25, 0.3) is 0 Å². The van der Waals surface area contributed by atoms with E-state index in [1.54, 1.807) is 25.7 Å². The van der Waals surface area contributed by atoms with Crippen LogP contribution in [0.3, 0.4) is 0 Å². The van der Waals surface area contributed by atoms with Crippen molar-refractivity contribution in [3.8, 4) is 0 Å². The van der Waals surface area contributed by atoms with Gasteiger partial charge in [-0.25, -0.2) is 4.79 Å². The maximum atomic E-state index is 14.1. The number of nitrogens with zero attached hydrogens (tertiary/aromatic N) is 1. The molecule has 1 aliphatic heterocycles. The molecule has 1 fully saturated rings. The minimum absolute atomic E-state index is 0.177. The zero-order chi connectivity index (χ0) is 48.1. The topological polar surface area (TPSA) is 187 Å². The molecule has 0 bridgehead atoms. The normalized spacial score (nSPS) is 19.2. The Labute approximate surface area is 395 Å². The molecule has 1 heterocycles. The van der Waals surface area contributed by atoms with Crippen LogP contribution in [0.15, 0.2) is 12.2 Å². The molecule has 0 aromatic rings. The molecule has 1 saturated heterocycles. The molecule has 1 rings (SSSR count). The highest BCUT2D eigenvalue weighted by molar-refractivity contribution is 5.89. The molecule has 4 amide bonds. The van der Waals surface area contributed by atoms with E-state index in [0.717, 1.165) is 57.8 Å². The van der Waals surface area contributed by atoms with E-state index in [1.807, 2.05) is 0 Å². The molecule has 0 unspecified atom stereocenters. The summed E-state index contributed by atoms with van der Waals surface area (Å²) in [6.07, 6.45) is 33.0. The van der Waals surface area contributed by atoms with Gasteiger partial charge in [-0.2, -0.15) is 0 Å². The summed E-state index contributed by atoms with van der Waals surface area (Å²) in [5.41, 5.74) is -0.760. The van der Waals surface area contributed by atoms with Gasteiger partial charge in [0.05, 0.1) is 13.2 Å². The second-order valence-electron chi connectivity index (χ2n) is 19.6. The third-order valence-corrected chi connectivity index (χ3v) is 12.3. The van der Waals surface area contributed by atoms with Gasteiger partial charge in [0.1, 0.15) is 36.0 Å². The zero-order valence-electron chi connectivity index (χ0n) is 42.2. The summed E-state index contributed by atoms with van der Waals surface area (Å²) < 4.78 is 11.4. The molecule has 6 atom stereocenters. The van der Waals surface area contributed by atoms with E-state index in [2.05, 4.69) is 41.9 Å². The number of aliphatic hydroxyl groups is 3. The van der Waals surface area contributed by atoms with Crippen LogP contribution in [0.25, 0.3) is 0 Å². The van der Waals surface area contributed by atoms with Crippen molar-refractivity contribution in [3.63, 3.8) is 0 Å². The van der Waals surface area contributed by atoms with Gasteiger partial charge >= 0.3 is 6.09 Å². The Balaban J connectivity index is 2.81. The SMILES string of the molecule is CCCCCCCC/C=C\CCCCCCCC(=O)N(CCCCCCCCCCCCCCCCCC)[C@@H]1O[C@H](CO)[C@@H](O)[C@H](O)[C@H]1NC(=O)CNC(=O)[C@H](C)NC(=O)OC(C)(C)C. The van der Waals surface area contributed by atoms with E-state index < -0.39 is 73.3 Å². The second-order valence-corrected chi connectivity index (χ2v) is 19.6. The fraction of sp³-hybridized carbons (Fsp3) is 0.885. The van der Waals surface area contributed by atoms with Crippen molar-refractivity contribution in [3.05, 3.63) is 12.2 Å². The van der Waals surface area contributed by atoms with Crippen LogP contribution >= 0.6 is 0 Å². The van der Waals surface area contributed by atoms with Crippen molar-refractivity contribution >= 4 is 23.8 Å². The zero-order valence-corrected chi connectivity index (χ0v) is 42.2. The first-order valence-corrected chi connectivity index (χ1v) is 26.4. The predicted octanol–water partition coefficient (Wildman–Crippen LogP) is 10.1.